The van der Waals surface area contributed by atoms with Crippen LogP contribution >= 0.6 is 7.60 Å². The topological polar surface area (TPSA) is 107 Å². The zero-order chi connectivity index (χ0) is 9.78. The van der Waals surface area contributed by atoms with Gasteiger partial charge in [0.05, 0.1) is 6.54 Å². The van der Waals surface area contributed by atoms with Crippen LogP contribution in [-0.2, 0) is 9.36 Å². The van der Waals surface area contributed by atoms with Gasteiger partial charge < -0.3 is 14.9 Å². The van der Waals surface area contributed by atoms with Gasteiger partial charge in [-0.3, -0.25) is 14.7 Å². The van der Waals surface area contributed by atoms with Gasteiger partial charge in [-0.2, -0.15) is 0 Å². The molecule has 0 aromatic carbocycles. The third-order valence-corrected chi connectivity index (χ3v) is 2.17. The van der Waals surface area contributed by atoms with Gasteiger partial charge in [-0.25, -0.2) is 0 Å². The molecule has 0 radical (unpaired) electrons. The Morgan fingerprint density at radius 3 is 2.42 bits per heavy atom. The van der Waals surface area contributed by atoms with E-state index in [4.69, 9.17) is 14.9 Å². The van der Waals surface area contributed by atoms with Crippen LogP contribution in [0.15, 0.2) is 12.7 Å². The lowest BCUT2D eigenvalue weighted by Gasteiger charge is -2.13. The third-order valence-electron chi connectivity index (χ3n) is 1.05. The molecule has 70 valence electrons. The Morgan fingerprint density at radius 1 is 1.67 bits per heavy atom. The molecule has 0 amide bonds. The molecule has 0 aromatic rings. The van der Waals surface area contributed by atoms with Crippen molar-refractivity contribution in [3.63, 3.8) is 0 Å². The number of hydrogen-bond donors (Lipinski definition) is 4. The lowest BCUT2D eigenvalue weighted by molar-refractivity contribution is -0.135. The maximum absolute atomic E-state index is 10.5. The lowest BCUT2D eigenvalue weighted by Crippen LogP contribution is -2.31. The second-order valence-electron chi connectivity index (χ2n) is 2.04. The number of carboxylic acid groups (broad SMARTS) is 1. The molecule has 1 atom stereocenters. The van der Waals surface area contributed by atoms with Crippen LogP contribution in [0.3, 0.4) is 0 Å². The van der Waals surface area contributed by atoms with E-state index in [0.717, 1.165) is 6.08 Å². The molecule has 7 heteroatoms. The molecule has 0 aromatic heterocycles. The third kappa shape index (κ3) is 4.25. The molecule has 0 aliphatic rings. The molecule has 0 saturated heterocycles. The summed E-state index contributed by atoms with van der Waals surface area (Å²) in [5, 5.41) is 10.3. The number of nitrogens with one attached hydrogen (secondary N) is 1. The lowest BCUT2D eigenvalue weighted by atomic mass is 10.5. The molecule has 0 aliphatic carbocycles. The van der Waals surface area contributed by atoms with E-state index in [1.165, 1.54) is 0 Å². The number of hydrogen-bond acceptors (Lipinski definition) is 3. The standard InChI is InChI=1S/C5H10NO5P/c1-2-4(12(9,10)11)6-3-5(7)8/h2,4,6H,1,3H2,(H,7,8)(H2,9,10,11). The zero-order valence-electron chi connectivity index (χ0n) is 6.17. The summed E-state index contributed by atoms with van der Waals surface area (Å²) in [6.45, 7) is 2.65. The van der Waals surface area contributed by atoms with Crippen molar-refractivity contribution in [2.24, 2.45) is 0 Å². The van der Waals surface area contributed by atoms with Gasteiger partial charge in [0.1, 0.15) is 5.78 Å². The van der Waals surface area contributed by atoms with Gasteiger partial charge in [0, 0.05) is 0 Å². The second kappa shape index (κ2) is 4.37. The molecule has 0 fully saturated rings. The first kappa shape index (κ1) is 11.3. The summed E-state index contributed by atoms with van der Waals surface area (Å²) >= 11 is 0. The van der Waals surface area contributed by atoms with Crippen LogP contribution in [0, 0.1) is 0 Å². The first-order valence-electron chi connectivity index (χ1n) is 3.01. The Balaban J connectivity index is 4.11. The molecular formula is C5H10NO5P. The van der Waals surface area contributed by atoms with E-state index >= 15 is 0 Å². The van der Waals surface area contributed by atoms with Crippen LogP contribution in [0.4, 0.5) is 0 Å². The fourth-order valence-corrected chi connectivity index (χ4v) is 1.14. The van der Waals surface area contributed by atoms with E-state index in [0.29, 0.717) is 0 Å². The molecular weight excluding hydrogens is 185 g/mol. The van der Waals surface area contributed by atoms with Gasteiger partial charge in [0.15, 0.2) is 0 Å². The fourth-order valence-electron chi connectivity index (χ4n) is 0.531. The summed E-state index contributed by atoms with van der Waals surface area (Å²) < 4.78 is 10.5. The van der Waals surface area contributed by atoms with Crippen molar-refractivity contribution in [1.29, 1.82) is 0 Å². The normalized spacial score (nSPS) is 13.8. The van der Waals surface area contributed by atoms with Crippen molar-refractivity contribution in [1.82, 2.24) is 5.32 Å². The van der Waals surface area contributed by atoms with Crippen LogP contribution < -0.4 is 5.32 Å². The number of aliphatic carboxylic acids is 1. The average molecular weight is 195 g/mol. The Labute approximate surface area is 69.1 Å². The minimum Gasteiger partial charge on any atom is -0.480 e. The molecule has 6 nitrogen and oxygen atoms in total. The molecule has 0 bridgehead atoms. The monoisotopic (exact) mass is 195 g/mol. The van der Waals surface area contributed by atoms with Crippen molar-refractivity contribution < 1.29 is 24.3 Å². The Bertz CT molecular complexity index is 222. The molecule has 0 rings (SSSR count). The van der Waals surface area contributed by atoms with E-state index in [2.05, 4.69) is 11.9 Å². The van der Waals surface area contributed by atoms with Gasteiger partial charge in [0.25, 0.3) is 0 Å². The highest BCUT2D eigenvalue weighted by Crippen LogP contribution is 2.39. The molecule has 1 unspecified atom stereocenters. The summed E-state index contributed by atoms with van der Waals surface area (Å²) in [6.07, 6.45) is 0.976. The predicted molar refractivity (Wildman–Crippen MR) is 41.7 cm³/mol. The largest absolute Gasteiger partial charge is 0.480 e. The minimum absolute atomic E-state index is 0.512. The average Bonchev–Trinajstić information content (AvgIpc) is 1.85. The molecule has 0 saturated carbocycles. The summed E-state index contributed by atoms with van der Waals surface area (Å²) in [5.74, 6) is -2.48. The van der Waals surface area contributed by atoms with Crippen molar-refractivity contribution in [3.05, 3.63) is 12.7 Å². The summed E-state index contributed by atoms with van der Waals surface area (Å²) in [6, 6.07) is 0. The second-order valence-corrected chi connectivity index (χ2v) is 3.78. The van der Waals surface area contributed by atoms with Gasteiger partial charge in [-0.05, 0) is 0 Å². The Kier molecular flexibility index (Phi) is 4.12. The van der Waals surface area contributed by atoms with Crippen molar-refractivity contribution >= 4 is 13.6 Å². The van der Waals surface area contributed by atoms with Crippen molar-refractivity contribution in [3.8, 4) is 0 Å². The molecule has 0 heterocycles. The van der Waals surface area contributed by atoms with Crippen molar-refractivity contribution in [2.75, 3.05) is 6.54 Å². The summed E-state index contributed by atoms with van der Waals surface area (Å²) in [4.78, 5) is 27.1. The maximum atomic E-state index is 10.5. The molecule has 4 N–H and O–H groups in total. The van der Waals surface area contributed by atoms with E-state index in [9.17, 15) is 9.36 Å². The van der Waals surface area contributed by atoms with Crippen molar-refractivity contribution in [2.45, 2.75) is 5.78 Å². The number of rotatable bonds is 5. The fraction of sp³-hybridized carbons (Fsp3) is 0.400. The molecule has 0 spiro atoms. The Morgan fingerprint density at radius 2 is 2.17 bits per heavy atom. The van der Waals surface area contributed by atoms with Gasteiger partial charge in [-0.1, -0.05) is 6.08 Å². The van der Waals surface area contributed by atoms with Crippen LogP contribution in [0.2, 0.25) is 0 Å². The van der Waals surface area contributed by atoms with Crippen LogP contribution in [0.25, 0.3) is 0 Å². The van der Waals surface area contributed by atoms with E-state index in [-0.39, 0.29) is 0 Å². The predicted octanol–water partition coefficient (Wildman–Crippen LogP) is -0.650. The van der Waals surface area contributed by atoms with Gasteiger partial charge in [0.2, 0.25) is 0 Å². The van der Waals surface area contributed by atoms with Crippen LogP contribution in [0.1, 0.15) is 0 Å². The Hall–Kier alpha value is -0.680. The number of carbonyl (C=O) groups is 1. The molecule has 0 aliphatic heterocycles. The van der Waals surface area contributed by atoms with Gasteiger partial charge >= 0.3 is 13.6 Å². The quantitative estimate of drug-likeness (QED) is 0.343. The van der Waals surface area contributed by atoms with Crippen LogP contribution in [-0.4, -0.2) is 33.2 Å². The minimum atomic E-state index is -4.32. The van der Waals surface area contributed by atoms with E-state index in [1.807, 2.05) is 0 Å². The highest BCUT2D eigenvalue weighted by atomic mass is 31.2. The SMILES string of the molecule is C=CC(NCC(=O)O)P(=O)(O)O. The first-order chi connectivity index (χ1) is 5.38. The van der Waals surface area contributed by atoms with E-state index < -0.39 is 25.9 Å². The highest BCUT2D eigenvalue weighted by Gasteiger charge is 2.25. The molecule has 12 heavy (non-hydrogen) atoms. The maximum Gasteiger partial charge on any atom is 0.346 e. The summed E-state index contributed by atoms with van der Waals surface area (Å²) in [7, 11) is -4.32. The summed E-state index contributed by atoms with van der Waals surface area (Å²) in [5.41, 5.74) is 0. The smallest absolute Gasteiger partial charge is 0.346 e. The van der Waals surface area contributed by atoms with Gasteiger partial charge in [-0.15, -0.1) is 6.58 Å². The zero-order valence-corrected chi connectivity index (χ0v) is 7.07. The first-order valence-corrected chi connectivity index (χ1v) is 4.69. The number of carboxylic acids is 1. The highest BCUT2D eigenvalue weighted by molar-refractivity contribution is 7.52. The van der Waals surface area contributed by atoms with Crippen LogP contribution in [0.5, 0.6) is 0 Å². The van der Waals surface area contributed by atoms with E-state index in [1.54, 1.807) is 0 Å².